The van der Waals surface area contributed by atoms with E-state index in [-0.39, 0.29) is 4.67 Å². The van der Waals surface area contributed by atoms with Crippen molar-refractivity contribution >= 4 is 61.7 Å². The zero-order valence-electron chi connectivity index (χ0n) is 23.2. The van der Waals surface area contributed by atoms with Crippen LogP contribution in [0.25, 0.3) is 0 Å². The summed E-state index contributed by atoms with van der Waals surface area (Å²) in [4.78, 5) is 76.3. The molecule has 40 heavy (non-hydrogen) atoms. The zero-order valence-corrected chi connectivity index (χ0v) is 24.9. The predicted molar refractivity (Wildman–Crippen MR) is 140 cm³/mol. The molecular weight excluding hydrogens is 595 g/mol. The fourth-order valence-electron chi connectivity index (χ4n) is 4.22. The number of esters is 5. The molecule has 13 nitrogen and oxygen atoms in total. The standard InChI is InChI=1S/C26H32N2O11Se/c1-13-8-10-20(11-9-13)28-25(39-19(7)34)22(27(14(2)29)26(28)40)24(38-18(6)33)23(37-17(5)32)21(36-16(4)31)12-35-15(3)30/h8-11,21-25H,12H2,1-7H3/t21-,22-,23-,24-,25?/m1/s1. The summed E-state index contributed by atoms with van der Waals surface area (Å²) < 4.78 is 27.3. The van der Waals surface area contributed by atoms with Crippen LogP contribution >= 0.6 is 0 Å². The second kappa shape index (κ2) is 14.0. The summed E-state index contributed by atoms with van der Waals surface area (Å²) in [5.74, 6) is -4.53. The van der Waals surface area contributed by atoms with E-state index in [0.29, 0.717) is 5.69 Å². The first-order valence-corrected chi connectivity index (χ1v) is 13.0. The van der Waals surface area contributed by atoms with E-state index in [2.05, 4.69) is 15.6 Å². The SMILES string of the molecule is CC(=O)OC[C@@H](OC(C)=O)[C@@H](OC(C)=O)[C@H](OC(C)=O)[C@@H]1C(OC(C)=O)N(c2ccc(C)cc2)C(=[Se])N1C(C)=O. The Hall–Kier alpha value is -3.77. The Bertz CT molecular complexity index is 1170. The van der Waals surface area contributed by atoms with Crippen LogP contribution in [0.2, 0.25) is 0 Å². The van der Waals surface area contributed by atoms with Crippen molar-refractivity contribution in [2.45, 2.75) is 79.0 Å². The van der Waals surface area contributed by atoms with Gasteiger partial charge >= 0.3 is 239 Å². The molecule has 0 spiro atoms. The third kappa shape index (κ3) is 8.36. The van der Waals surface area contributed by atoms with Gasteiger partial charge in [-0.05, 0) is 0 Å². The Morgan fingerprint density at radius 2 is 1.35 bits per heavy atom. The number of aryl methyl sites for hydroxylation is 1. The number of ether oxygens (including phenoxy) is 5. The van der Waals surface area contributed by atoms with Gasteiger partial charge in [-0.2, -0.15) is 0 Å². The molecule has 1 unspecified atom stereocenters. The van der Waals surface area contributed by atoms with Crippen LogP contribution in [0.3, 0.4) is 0 Å². The first-order chi connectivity index (χ1) is 18.6. The Labute approximate surface area is 239 Å². The van der Waals surface area contributed by atoms with Gasteiger partial charge in [0.05, 0.1) is 0 Å². The molecule has 14 heteroatoms. The van der Waals surface area contributed by atoms with Gasteiger partial charge in [-0.3, -0.25) is 0 Å². The quantitative estimate of drug-likeness (QED) is 0.202. The van der Waals surface area contributed by atoms with Gasteiger partial charge in [-0.15, -0.1) is 0 Å². The van der Waals surface area contributed by atoms with Gasteiger partial charge in [-0.25, -0.2) is 0 Å². The monoisotopic (exact) mass is 628 g/mol. The van der Waals surface area contributed by atoms with Crippen LogP contribution in [0.1, 0.15) is 47.1 Å². The van der Waals surface area contributed by atoms with Crippen molar-refractivity contribution in [1.82, 2.24) is 4.90 Å². The summed E-state index contributed by atoms with van der Waals surface area (Å²) in [7, 11) is 0. The summed E-state index contributed by atoms with van der Waals surface area (Å²) in [6.45, 7) is 8.05. The van der Waals surface area contributed by atoms with Crippen LogP contribution < -0.4 is 4.90 Å². The van der Waals surface area contributed by atoms with Crippen molar-refractivity contribution in [2.75, 3.05) is 11.5 Å². The van der Waals surface area contributed by atoms with Gasteiger partial charge in [-0.1, -0.05) is 0 Å². The molecule has 1 fully saturated rings. The Morgan fingerprint density at radius 3 is 1.80 bits per heavy atom. The summed E-state index contributed by atoms with van der Waals surface area (Å²) in [6, 6.07) is 5.75. The summed E-state index contributed by atoms with van der Waals surface area (Å²) in [6.07, 6.45) is -5.98. The average molecular weight is 628 g/mol. The third-order valence-corrected chi connectivity index (χ3v) is 6.42. The number of amides is 1. The molecule has 1 aromatic carbocycles. The molecule has 5 atom stereocenters. The van der Waals surface area contributed by atoms with Crippen molar-refractivity contribution in [3.05, 3.63) is 29.8 Å². The molecule has 1 amide bonds. The summed E-state index contributed by atoms with van der Waals surface area (Å²) in [5.41, 5.74) is 1.46. The maximum atomic E-state index is 13.0. The van der Waals surface area contributed by atoms with E-state index in [1.54, 1.807) is 24.3 Å². The normalized spacial score (nSPS) is 18.7. The molecule has 1 aliphatic heterocycles. The maximum absolute atomic E-state index is 13.0. The van der Waals surface area contributed by atoms with E-state index in [9.17, 15) is 28.8 Å². The van der Waals surface area contributed by atoms with E-state index in [1.807, 2.05) is 6.92 Å². The third-order valence-electron chi connectivity index (χ3n) is 5.59. The molecule has 0 bridgehead atoms. The van der Waals surface area contributed by atoms with Crippen LogP contribution in [0, 0.1) is 6.92 Å². The molecular formula is C26H32N2O11Se. The van der Waals surface area contributed by atoms with Gasteiger partial charge in [0.1, 0.15) is 0 Å². The number of nitrogens with zero attached hydrogens (tertiary/aromatic N) is 2. The van der Waals surface area contributed by atoms with Crippen LogP contribution in [0.5, 0.6) is 0 Å². The van der Waals surface area contributed by atoms with Crippen molar-refractivity contribution < 1.29 is 52.5 Å². The molecule has 218 valence electrons. The Morgan fingerprint density at radius 1 is 0.800 bits per heavy atom. The Kier molecular flexibility index (Phi) is 11.4. The molecule has 0 aromatic heterocycles. The van der Waals surface area contributed by atoms with Crippen LogP contribution in [-0.2, 0) is 52.5 Å². The number of anilines is 1. The molecule has 0 aliphatic carbocycles. The van der Waals surface area contributed by atoms with Crippen LogP contribution in [0.4, 0.5) is 5.69 Å². The number of hydrogen-bond acceptors (Lipinski definition) is 12. The number of benzene rings is 1. The fraction of sp³-hybridized carbons (Fsp3) is 0.500. The number of rotatable bonds is 10. The molecule has 2 rings (SSSR count). The molecule has 0 N–H and O–H groups in total. The first kappa shape index (κ1) is 32.4. The van der Waals surface area contributed by atoms with Gasteiger partial charge in [0.15, 0.2) is 0 Å². The van der Waals surface area contributed by atoms with Crippen LogP contribution in [0.15, 0.2) is 24.3 Å². The first-order valence-electron chi connectivity index (χ1n) is 12.2. The van der Waals surface area contributed by atoms with Crippen molar-refractivity contribution in [3.8, 4) is 0 Å². The topological polar surface area (TPSA) is 155 Å². The fourth-order valence-corrected chi connectivity index (χ4v) is 5.18. The van der Waals surface area contributed by atoms with E-state index < -0.39 is 72.9 Å². The number of carbonyl (C=O) groups is 6. The average Bonchev–Trinajstić information content (AvgIpc) is 3.10. The van der Waals surface area contributed by atoms with E-state index in [4.69, 9.17) is 23.7 Å². The van der Waals surface area contributed by atoms with Gasteiger partial charge < -0.3 is 0 Å². The van der Waals surface area contributed by atoms with E-state index >= 15 is 0 Å². The van der Waals surface area contributed by atoms with Crippen LogP contribution in [-0.4, -0.2) is 98.1 Å². The number of carbonyl (C=O) groups excluding carboxylic acids is 6. The van der Waals surface area contributed by atoms with E-state index in [0.717, 1.165) is 40.2 Å². The second-order valence-corrected chi connectivity index (χ2v) is 9.73. The predicted octanol–water partition coefficient (Wildman–Crippen LogP) is 0.535. The van der Waals surface area contributed by atoms with Crippen molar-refractivity contribution in [3.63, 3.8) is 0 Å². The molecule has 0 radical (unpaired) electrons. The van der Waals surface area contributed by atoms with Gasteiger partial charge in [0.25, 0.3) is 0 Å². The number of hydrogen-bond donors (Lipinski definition) is 0. The van der Waals surface area contributed by atoms with Crippen molar-refractivity contribution in [2.24, 2.45) is 0 Å². The summed E-state index contributed by atoms with van der Waals surface area (Å²) in [5, 5.41) is 0. The Balaban J connectivity index is 2.81. The minimum atomic E-state index is -1.61. The van der Waals surface area contributed by atoms with Gasteiger partial charge in [0, 0.05) is 0 Å². The molecule has 1 aromatic rings. The van der Waals surface area contributed by atoms with E-state index in [1.165, 1.54) is 16.7 Å². The molecule has 1 heterocycles. The molecule has 0 saturated carbocycles. The van der Waals surface area contributed by atoms with Crippen molar-refractivity contribution in [1.29, 1.82) is 0 Å². The minimum absolute atomic E-state index is 0.190. The molecule has 1 aliphatic rings. The summed E-state index contributed by atoms with van der Waals surface area (Å²) >= 11 is 2.81. The molecule has 1 saturated heterocycles. The van der Waals surface area contributed by atoms with Gasteiger partial charge in [0.2, 0.25) is 0 Å². The zero-order chi connectivity index (χ0) is 30.3. The second-order valence-electron chi connectivity index (χ2n) is 8.97.